The van der Waals surface area contributed by atoms with Crippen molar-refractivity contribution in [1.82, 2.24) is 9.80 Å². The van der Waals surface area contributed by atoms with Crippen molar-refractivity contribution in [1.29, 1.82) is 0 Å². The van der Waals surface area contributed by atoms with Crippen LogP contribution in [0, 0.1) is 0 Å². The first-order valence-electron chi connectivity index (χ1n) is 10.7. The molecule has 0 aliphatic carbocycles. The summed E-state index contributed by atoms with van der Waals surface area (Å²) in [5, 5.41) is 0. The number of hydrogen-bond acceptors (Lipinski definition) is 5. The fraction of sp³-hybridized carbons (Fsp3) is 0.458. The third-order valence-corrected chi connectivity index (χ3v) is 6.27. The van der Waals surface area contributed by atoms with E-state index in [1.807, 2.05) is 29.2 Å². The third-order valence-electron chi connectivity index (χ3n) is 6.27. The number of carbonyl (C=O) groups is 1. The van der Waals surface area contributed by atoms with Crippen LogP contribution in [0.3, 0.4) is 0 Å². The molecule has 0 radical (unpaired) electrons. The molecule has 0 bridgehead atoms. The maximum atomic E-state index is 13.0. The van der Waals surface area contributed by atoms with Gasteiger partial charge in [-0.1, -0.05) is 12.1 Å². The highest BCUT2D eigenvalue weighted by Gasteiger charge is 2.30. The van der Waals surface area contributed by atoms with Gasteiger partial charge in [-0.2, -0.15) is 0 Å². The minimum Gasteiger partial charge on any atom is -0.497 e. The molecular weight excluding hydrogens is 378 g/mol. The van der Waals surface area contributed by atoms with Crippen LogP contribution in [-0.4, -0.2) is 69.2 Å². The highest BCUT2D eigenvalue weighted by molar-refractivity contribution is 5.78. The number of anilines is 1. The Labute approximate surface area is 179 Å². The molecule has 2 saturated heterocycles. The van der Waals surface area contributed by atoms with Crippen molar-refractivity contribution in [3.05, 3.63) is 54.1 Å². The zero-order valence-corrected chi connectivity index (χ0v) is 17.9. The molecule has 1 atom stereocenters. The summed E-state index contributed by atoms with van der Waals surface area (Å²) in [6.45, 7) is 4.74. The SMILES string of the molecule is COc1ccc(C2CCCN2CC(=O)N2CCN(c3ccc(OC)cc3)CC2)cc1. The lowest BCUT2D eigenvalue weighted by Crippen LogP contribution is -2.51. The highest BCUT2D eigenvalue weighted by Crippen LogP contribution is 2.32. The van der Waals surface area contributed by atoms with E-state index in [1.54, 1.807) is 14.2 Å². The second-order valence-corrected chi connectivity index (χ2v) is 7.97. The van der Waals surface area contributed by atoms with E-state index in [4.69, 9.17) is 9.47 Å². The van der Waals surface area contributed by atoms with Gasteiger partial charge in [-0.3, -0.25) is 9.69 Å². The molecule has 6 heteroatoms. The number of carbonyl (C=O) groups excluding carboxylic acids is 1. The molecule has 2 fully saturated rings. The lowest BCUT2D eigenvalue weighted by molar-refractivity contribution is -0.133. The number of amides is 1. The number of piperazine rings is 1. The van der Waals surface area contributed by atoms with E-state index in [0.717, 1.165) is 57.1 Å². The Morgan fingerprint density at radius 3 is 2.07 bits per heavy atom. The summed E-state index contributed by atoms with van der Waals surface area (Å²) < 4.78 is 10.5. The number of benzene rings is 2. The fourth-order valence-electron chi connectivity index (χ4n) is 4.50. The Balaban J connectivity index is 1.31. The van der Waals surface area contributed by atoms with Gasteiger partial charge in [0.2, 0.25) is 5.91 Å². The molecule has 2 aliphatic heterocycles. The van der Waals surface area contributed by atoms with Gasteiger partial charge in [0.05, 0.1) is 20.8 Å². The van der Waals surface area contributed by atoms with Gasteiger partial charge in [0.1, 0.15) is 11.5 Å². The fourth-order valence-corrected chi connectivity index (χ4v) is 4.50. The summed E-state index contributed by atoms with van der Waals surface area (Å²) in [6, 6.07) is 16.7. The van der Waals surface area contributed by atoms with E-state index in [0.29, 0.717) is 12.6 Å². The van der Waals surface area contributed by atoms with Crippen LogP contribution in [-0.2, 0) is 4.79 Å². The van der Waals surface area contributed by atoms with Crippen LogP contribution in [0.4, 0.5) is 5.69 Å². The van der Waals surface area contributed by atoms with Crippen LogP contribution in [0.25, 0.3) is 0 Å². The predicted molar refractivity (Wildman–Crippen MR) is 118 cm³/mol. The molecule has 2 aromatic rings. The Morgan fingerprint density at radius 1 is 0.867 bits per heavy atom. The summed E-state index contributed by atoms with van der Waals surface area (Å²) in [7, 11) is 3.36. The van der Waals surface area contributed by atoms with Crippen molar-refractivity contribution < 1.29 is 14.3 Å². The molecular formula is C24H31N3O3. The molecule has 160 valence electrons. The topological polar surface area (TPSA) is 45.2 Å². The molecule has 1 unspecified atom stereocenters. The van der Waals surface area contributed by atoms with Crippen LogP contribution >= 0.6 is 0 Å². The van der Waals surface area contributed by atoms with Crippen molar-refractivity contribution in [2.75, 3.05) is 58.4 Å². The van der Waals surface area contributed by atoms with Gasteiger partial charge in [0.15, 0.2) is 0 Å². The number of ether oxygens (including phenoxy) is 2. The van der Waals surface area contributed by atoms with Crippen molar-refractivity contribution in [3.8, 4) is 11.5 Å². The molecule has 2 heterocycles. The summed E-state index contributed by atoms with van der Waals surface area (Å²) in [4.78, 5) is 19.7. The molecule has 2 aromatic carbocycles. The average Bonchev–Trinajstić information content (AvgIpc) is 3.27. The van der Waals surface area contributed by atoms with Gasteiger partial charge < -0.3 is 19.3 Å². The summed E-state index contributed by atoms with van der Waals surface area (Å²) in [6.07, 6.45) is 2.24. The molecule has 4 rings (SSSR count). The largest absolute Gasteiger partial charge is 0.497 e. The van der Waals surface area contributed by atoms with Gasteiger partial charge in [-0.15, -0.1) is 0 Å². The lowest BCUT2D eigenvalue weighted by Gasteiger charge is -2.37. The van der Waals surface area contributed by atoms with Crippen LogP contribution < -0.4 is 14.4 Å². The van der Waals surface area contributed by atoms with Crippen LogP contribution in [0.15, 0.2) is 48.5 Å². The van der Waals surface area contributed by atoms with Crippen molar-refractivity contribution in [2.45, 2.75) is 18.9 Å². The number of methoxy groups -OCH3 is 2. The molecule has 6 nitrogen and oxygen atoms in total. The summed E-state index contributed by atoms with van der Waals surface area (Å²) >= 11 is 0. The van der Waals surface area contributed by atoms with Crippen molar-refractivity contribution in [2.24, 2.45) is 0 Å². The zero-order chi connectivity index (χ0) is 20.9. The lowest BCUT2D eigenvalue weighted by atomic mass is 10.0. The maximum absolute atomic E-state index is 13.0. The van der Waals surface area contributed by atoms with E-state index < -0.39 is 0 Å². The normalized spacial score (nSPS) is 19.7. The van der Waals surface area contributed by atoms with E-state index >= 15 is 0 Å². The first-order valence-corrected chi connectivity index (χ1v) is 10.7. The highest BCUT2D eigenvalue weighted by atomic mass is 16.5. The van der Waals surface area contributed by atoms with Gasteiger partial charge >= 0.3 is 0 Å². The minimum absolute atomic E-state index is 0.241. The van der Waals surface area contributed by atoms with E-state index in [1.165, 1.54) is 11.3 Å². The van der Waals surface area contributed by atoms with Gasteiger partial charge in [-0.25, -0.2) is 0 Å². The number of hydrogen-bond donors (Lipinski definition) is 0. The smallest absolute Gasteiger partial charge is 0.236 e. The number of nitrogens with zero attached hydrogens (tertiary/aromatic N) is 3. The molecule has 0 aromatic heterocycles. The Kier molecular flexibility index (Phi) is 6.43. The average molecular weight is 410 g/mol. The van der Waals surface area contributed by atoms with E-state index in [2.05, 4.69) is 34.1 Å². The van der Waals surface area contributed by atoms with Gasteiger partial charge in [-0.05, 0) is 61.3 Å². The monoisotopic (exact) mass is 409 g/mol. The number of likely N-dealkylation sites (tertiary alicyclic amines) is 1. The molecule has 1 amide bonds. The van der Waals surface area contributed by atoms with Crippen LogP contribution in [0.5, 0.6) is 11.5 Å². The second-order valence-electron chi connectivity index (χ2n) is 7.97. The minimum atomic E-state index is 0.241. The molecule has 0 spiro atoms. The first kappa shape index (κ1) is 20.5. The maximum Gasteiger partial charge on any atom is 0.236 e. The van der Waals surface area contributed by atoms with E-state index in [9.17, 15) is 4.79 Å². The molecule has 2 aliphatic rings. The van der Waals surface area contributed by atoms with Crippen LogP contribution in [0.2, 0.25) is 0 Å². The Bertz CT molecular complexity index is 830. The van der Waals surface area contributed by atoms with Crippen molar-refractivity contribution >= 4 is 11.6 Å². The standard InChI is InChI=1S/C24H31N3O3/c1-29-21-9-5-19(6-10-21)23-4-3-13-27(23)18-24(28)26-16-14-25(15-17-26)20-7-11-22(30-2)12-8-20/h5-12,23H,3-4,13-18H2,1-2H3. The van der Waals surface area contributed by atoms with Gasteiger partial charge in [0.25, 0.3) is 0 Å². The summed E-state index contributed by atoms with van der Waals surface area (Å²) in [5.74, 6) is 1.98. The Morgan fingerprint density at radius 2 is 1.47 bits per heavy atom. The van der Waals surface area contributed by atoms with Gasteiger partial charge in [0, 0.05) is 37.9 Å². The van der Waals surface area contributed by atoms with E-state index in [-0.39, 0.29) is 5.91 Å². The van der Waals surface area contributed by atoms with Crippen LogP contribution in [0.1, 0.15) is 24.4 Å². The first-order chi connectivity index (χ1) is 14.7. The number of rotatable bonds is 6. The quantitative estimate of drug-likeness (QED) is 0.733. The summed E-state index contributed by atoms with van der Waals surface area (Å²) in [5.41, 5.74) is 2.45. The molecule has 0 saturated carbocycles. The predicted octanol–water partition coefficient (Wildman–Crippen LogP) is 3.19. The molecule has 30 heavy (non-hydrogen) atoms. The Hall–Kier alpha value is -2.73. The third kappa shape index (κ3) is 4.54. The molecule has 0 N–H and O–H groups in total. The van der Waals surface area contributed by atoms with Crippen molar-refractivity contribution in [3.63, 3.8) is 0 Å². The zero-order valence-electron chi connectivity index (χ0n) is 17.9. The second kappa shape index (κ2) is 9.39.